The molecule has 0 bridgehead atoms. The van der Waals surface area contributed by atoms with Gasteiger partial charge < -0.3 is 5.32 Å². The Labute approximate surface area is 131 Å². The van der Waals surface area contributed by atoms with Gasteiger partial charge in [-0.2, -0.15) is 5.26 Å². The number of aryl methyl sites for hydroxylation is 2. The van der Waals surface area contributed by atoms with Crippen LogP contribution in [0.4, 0.5) is 22.7 Å². The highest BCUT2D eigenvalue weighted by Gasteiger charge is 2.27. The molecule has 0 unspecified atom stereocenters. The topological polar surface area (TPSA) is 122 Å². The van der Waals surface area contributed by atoms with Crippen molar-refractivity contribution < 1.29 is 9.85 Å². The zero-order valence-electron chi connectivity index (χ0n) is 12.4. The third-order valence-electron chi connectivity index (χ3n) is 3.11. The number of nitro benzene ring substituents is 2. The van der Waals surface area contributed by atoms with Gasteiger partial charge in [-0.3, -0.25) is 20.2 Å². The zero-order valence-corrected chi connectivity index (χ0v) is 12.4. The number of benzene rings is 2. The predicted octanol–water partition coefficient (Wildman–Crippen LogP) is 3.74. The Morgan fingerprint density at radius 3 is 1.83 bits per heavy atom. The number of hydrogen-bond acceptors (Lipinski definition) is 6. The number of hydrogen-bond donors (Lipinski definition) is 1. The van der Waals surface area contributed by atoms with Crippen molar-refractivity contribution in [2.75, 3.05) is 5.32 Å². The molecular weight excluding hydrogens is 300 g/mol. The molecule has 0 aliphatic carbocycles. The summed E-state index contributed by atoms with van der Waals surface area (Å²) in [4.78, 5) is 20.9. The predicted molar refractivity (Wildman–Crippen MR) is 83.7 cm³/mol. The van der Waals surface area contributed by atoms with Gasteiger partial charge >= 0.3 is 11.4 Å². The van der Waals surface area contributed by atoms with E-state index in [1.54, 1.807) is 18.2 Å². The van der Waals surface area contributed by atoms with E-state index in [2.05, 4.69) is 5.32 Å². The third-order valence-corrected chi connectivity index (χ3v) is 3.11. The van der Waals surface area contributed by atoms with Gasteiger partial charge in [-0.15, -0.1) is 0 Å². The molecule has 0 heterocycles. The van der Waals surface area contributed by atoms with E-state index in [4.69, 9.17) is 5.26 Å². The van der Waals surface area contributed by atoms with Gasteiger partial charge in [0.2, 0.25) is 0 Å². The molecule has 116 valence electrons. The van der Waals surface area contributed by atoms with Crippen LogP contribution in [-0.4, -0.2) is 9.85 Å². The molecule has 0 saturated carbocycles. The van der Waals surface area contributed by atoms with Crippen LogP contribution in [0.2, 0.25) is 0 Å². The molecular formula is C15H12N4O4. The van der Waals surface area contributed by atoms with Crippen LogP contribution in [0.1, 0.15) is 16.7 Å². The van der Waals surface area contributed by atoms with Crippen LogP contribution in [0, 0.1) is 45.4 Å². The van der Waals surface area contributed by atoms with Crippen molar-refractivity contribution in [3.05, 3.63) is 67.3 Å². The van der Waals surface area contributed by atoms with E-state index in [9.17, 15) is 20.2 Å². The maximum absolute atomic E-state index is 11.2. The number of nitrogens with one attached hydrogen (secondary N) is 1. The average Bonchev–Trinajstić information content (AvgIpc) is 2.45. The molecule has 8 nitrogen and oxygen atoms in total. The van der Waals surface area contributed by atoms with Crippen molar-refractivity contribution in [2.24, 2.45) is 0 Å². The molecule has 2 aromatic carbocycles. The van der Waals surface area contributed by atoms with Crippen molar-refractivity contribution in [1.29, 1.82) is 5.26 Å². The second kappa shape index (κ2) is 6.11. The first-order valence-electron chi connectivity index (χ1n) is 6.54. The molecule has 0 amide bonds. The van der Waals surface area contributed by atoms with Crippen LogP contribution in [-0.2, 0) is 0 Å². The summed E-state index contributed by atoms with van der Waals surface area (Å²) >= 11 is 0. The van der Waals surface area contributed by atoms with Gasteiger partial charge in [-0.05, 0) is 37.1 Å². The Hall–Kier alpha value is -3.47. The number of rotatable bonds is 4. The highest BCUT2D eigenvalue weighted by Crippen LogP contribution is 2.37. The summed E-state index contributed by atoms with van der Waals surface area (Å²) in [6.45, 7) is 3.69. The lowest BCUT2D eigenvalue weighted by molar-refractivity contribution is -0.392. The second-order valence-corrected chi connectivity index (χ2v) is 5.02. The normalized spacial score (nSPS) is 9.96. The fourth-order valence-corrected chi connectivity index (χ4v) is 2.28. The van der Waals surface area contributed by atoms with Gasteiger partial charge in [0.05, 0.1) is 21.5 Å². The quantitative estimate of drug-likeness (QED) is 0.677. The Bertz CT molecular complexity index is 800. The first-order valence-corrected chi connectivity index (χ1v) is 6.54. The van der Waals surface area contributed by atoms with Crippen molar-refractivity contribution in [3.63, 3.8) is 0 Å². The molecule has 0 radical (unpaired) electrons. The first-order chi connectivity index (χ1) is 10.8. The number of nitriles is 1. The van der Waals surface area contributed by atoms with Gasteiger partial charge in [0.15, 0.2) is 5.69 Å². The van der Waals surface area contributed by atoms with Gasteiger partial charge in [-0.25, -0.2) is 0 Å². The van der Waals surface area contributed by atoms with Crippen molar-refractivity contribution in [2.45, 2.75) is 13.8 Å². The number of anilines is 2. The van der Waals surface area contributed by atoms with E-state index < -0.39 is 21.2 Å². The van der Waals surface area contributed by atoms with Crippen molar-refractivity contribution in [3.8, 4) is 6.07 Å². The van der Waals surface area contributed by atoms with Crippen LogP contribution in [0.25, 0.3) is 0 Å². The van der Waals surface area contributed by atoms with E-state index >= 15 is 0 Å². The zero-order chi connectivity index (χ0) is 17.1. The molecule has 23 heavy (non-hydrogen) atoms. The lowest BCUT2D eigenvalue weighted by Crippen LogP contribution is -2.03. The molecule has 8 heteroatoms. The maximum Gasteiger partial charge on any atom is 0.301 e. The second-order valence-electron chi connectivity index (χ2n) is 5.02. The molecule has 0 spiro atoms. The summed E-state index contributed by atoms with van der Waals surface area (Å²) in [5, 5.41) is 34.1. The highest BCUT2D eigenvalue weighted by molar-refractivity contribution is 5.80. The Morgan fingerprint density at radius 2 is 1.43 bits per heavy atom. The highest BCUT2D eigenvalue weighted by atomic mass is 16.6. The van der Waals surface area contributed by atoms with E-state index in [1.807, 2.05) is 19.9 Å². The summed E-state index contributed by atoms with van der Waals surface area (Å²) < 4.78 is 0. The van der Waals surface area contributed by atoms with E-state index in [-0.39, 0.29) is 11.3 Å². The Balaban J connectivity index is 2.66. The van der Waals surface area contributed by atoms with Crippen LogP contribution in [0.3, 0.4) is 0 Å². The van der Waals surface area contributed by atoms with Gasteiger partial charge in [-0.1, -0.05) is 6.07 Å². The smallest absolute Gasteiger partial charge is 0.301 e. The third kappa shape index (κ3) is 3.41. The molecule has 2 rings (SSSR count). The van der Waals surface area contributed by atoms with Crippen molar-refractivity contribution in [1.82, 2.24) is 0 Å². The Kier molecular flexibility index (Phi) is 4.23. The summed E-state index contributed by atoms with van der Waals surface area (Å²) in [7, 11) is 0. The molecule has 1 N–H and O–H groups in total. The first kappa shape index (κ1) is 15.9. The summed E-state index contributed by atoms with van der Waals surface area (Å²) in [6.07, 6.45) is 0. The molecule has 0 fully saturated rings. The van der Waals surface area contributed by atoms with Crippen LogP contribution >= 0.6 is 0 Å². The van der Waals surface area contributed by atoms with Crippen LogP contribution in [0.15, 0.2) is 30.3 Å². The summed E-state index contributed by atoms with van der Waals surface area (Å²) in [6, 6.07) is 9.07. The largest absolute Gasteiger partial charge is 0.344 e. The minimum absolute atomic E-state index is 0.144. The summed E-state index contributed by atoms with van der Waals surface area (Å²) in [5.41, 5.74) is 0.888. The fraction of sp³-hybridized carbons (Fsp3) is 0.133. The fourth-order valence-electron chi connectivity index (χ4n) is 2.28. The lowest BCUT2D eigenvalue weighted by Gasteiger charge is -2.10. The molecule has 0 saturated heterocycles. The molecule has 2 aromatic rings. The number of nitro groups is 2. The van der Waals surface area contributed by atoms with Crippen LogP contribution < -0.4 is 5.32 Å². The molecule has 0 aromatic heterocycles. The Morgan fingerprint density at radius 1 is 0.957 bits per heavy atom. The standard InChI is InChI=1S/C15H12N4O4/c1-9-3-10(2)5-12(4-9)17-15-13(18(20)21)6-11(8-16)7-14(15)19(22)23/h3-7,17H,1-2H3. The minimum Gasteiger partial charge on any atom is -0.344 e. The van der Waals surface area contributed by atoms with Gasteiger partial charge in [0.1, 0.15) is 0 Å². The minimum atomic E-state index is -0.751. The lowest BCUT2D eigenvalue weighted by atomic mass is 10.1. The monoisotopic (exact) mass is 312 g/mol. The molecule has 0 atom stereocenters. The molecule has 0 aliphatic rings. The maximum atomic E-state index is 11.2. The van der Waals surface area contributed by atoms with Gasteiger partial charge in [0, 0.05) is 17.8 Å². The molecule has 0 aliphatic heterocycles. The average molecular weight is 312 g/mol. The van der Waals surface area contributed by atoms with E-state index in [0.29, 0.717) is 5.69 Å². The van der Waals surface area contributed by atoms with E-state index in [0.717, 1.165) is 23.3 Å². The summed E-state index contributed by atoms with van der Waals surface area (Å²) in [5.74, 6) is 0. The number of nitrogens with zero attached hydrogens (tertiary/aromatic N) is 3. The van der Waals surface area contributed by atoms with Gasteiger partial charge in [0.25, 0.3) is 0 Å². The van der Waals surface area contributed by atoms with Crippen molar-refractivity contribution >= 4 is 22.7 Å². The van der Waals surface area contributed by atoms with E-state index in [1.165, 1.54) is 0 Å². The SMILES string of the molecule is Cc1cc(C)cc(Nc2c([N+](=O)[O-])cc(C#N)cc2[N+](=O)[O-])c1. The van der Waals surface area contributed by atoms with Crippen LogP contribution in [0.5, 0.6) is 0 Å².